The van der Waals surface area contributed by atoms with Crippen LogP contribution >= 0.6 is 27.3 Å². The standard InChI is InChI=1S/C12H7BrF3NO2S/c13-7-3-1-6(2-4-7)5-8-17-10(12(14,15)16)9(20-8)11(18)19/h1-4H,5H2,(H,18,19). The van der Waals surface area contributed by atoms with Crippen LogP contribution in [-0.4, -0.2) is 16.1 Å². The van der Waals surface area contributed by atoms with Crippen LogP contribution in [-0.2, 0) is 12.6 Å². The van der Waals surface area contributed by atoms with E-state index in [9.17, 15) is 18.0 Å². The van der Waals surface area contributed by atoms with Crippen LogP contribution in [0.25, 0.3) is 0 Å². The lowest BCUT2D eigenvalue weighted by molar-refractivity contribution is -0.141. The molecule has 0 amide bonds. The monoisotopic (exact) mass is 365 g/mol. The Bertz CT molecular complexity index is 637. The molecule has 0 aliphatic heterocycles. The Balaban J connectivity index is 2.34. The second kappa shape index (κ2) is 5.53. The zero-order chi connectivity index (χ0) is 14.9. The highest BCUT2D eigenvalue weighted by Crippen LogP contribution is 2.35. The van der Waals surface area contributed by atoms with Crippen LogP contribution in [0, 0.1) is 0 Å². The number of hydrogen-bond donors (Lipinski definition) is 1. The SMILES string of the molecule is O=C(O)c1sc(Cc2ccc(Br)cc2)nc1C(F)(F)F. The molecule has 0 fully saturated rings. The number of rotatable bonds is 3. The molecule has 0 aliphatic rings. The quantitative estimate of drug-likeness (QED) is 0.885. The molecule has 0 spiro atoms. The molecule has 1 aromatic carbocycles. The minimum atomic E-state index is -4.76. The molecule has 0 atom stereocenters. The number of benzene rings is 1. The van der Waals surface area contributed by atoms with Gasteiger partial charge in [0, 0.05) is 10.9 Å². The Morgan fingerprint density at radius 3 is 2.35 bits per heavy atom. The molecule has 0 saturated heterocycles. The van der Waals surface area contributed by atoms with E-state index in [1.807, 2.05) is 0 Å². The molecule has 0 saturated carbocycles. The Morgan fingerprint density at radius 1 is 1.30 bits per heavy atom. The maximum absolute atomic E-state index is 12.7. The number of thiazole rings is 1. The number of alkyl halides is 3. The van der Waals surface area contributed by atoms with E-state index in [4.69, 9.17) is 5.11 Å². The van der Waals surface area contributed by atoms with Gasteiger partial charge in [-0.3, -0.25) is 0 Å². The number of carboxylic acid groups (broad SMARTS) is 1. The van der Waals surface area contributed by atoms with Crippen molar-refractivity contribution in [1.82, 2.24) is 4.98 Å². The van der Waals surface area contributed by atoms with Gasteiger partial charge in [0.05, 0.1) is 5.01 Å². The van der Waals surface area contributed by atoms with Crippen molar-refractivity contribution in [3.63, 3.8) is 0 Å². The van der Waals surface area contributed by atoms with Crippen molar-refractivity contribution in [3.05, 3.63) is 49.9 Å². The highest BCUT2D eigenvalue weighted by molar-refractivity contribution is 9.10. The fraction of sp³-hybridized carbons (Fsp3) is 0.167. The van der Waals surface area contributed by atoms with Gasteiger partial charge >= 0.3 is 12.1 Å². The molecule has 0 unspecified atom stereocenters. The summed E-state index contributed by atoms with van der Waals surface area (Å²) in [5, 5.41) is 8.93. The topological polar surface area (TPSA) is 50.2 Å². The van der Waals surface area contributed by atoms with Crippen molar-refractivity contribution in [2.24, 2.45) is 0 Å². The summed E-state index contributed by atoms with van der Waals surface area (Å²) in [5.41, 5.74) is -0.574. The molecule has 0 bridgehead atoms. The van der Waals surface area contributed by atoms with Crippen LogP contribution in [0.3, 0.4) is 0 Å². The Kier molecular flexibility index (Phi) is 4.14. The lowest BCUT2D eigenvalue weighted by Crippen LogP contribution is -2.11. The van der Waals surface area contributed by atoms with E-state index in [0.717, 1.165) is 10.0 Å². The average Bonchev–Trinajstić information content (AvgIpc) is 2.76. The van der Waals surface area contributed by atoms with Crippen molar-refractivity contribution in [3.8, 4) is 0 Å². The van der Waals surface area contributed by atoms with Crippen LogP contribution in [0.4, 0.5) is 13.2 Å². The van der Waals surface area contributed by atoms with Gasteiger partial charge in [-0.2, -0.15) is 13.2 Å². The van der Waals surface area contributed by atoms with E-state index in [1.54, 1.807) is 24.3 Å². The minimum Gasteiger partial charge on any atom is -0.477 e. The summed E-state index contributed by atoms with van der Waals surface area (Å²) in [7, 11) is 0. The number of nitrogens with zero attached hydrogens (tertiary/aromatic N) is 1. The molecule has 1 aromatic heterocycles. The van der Waals surface area contributed by atoms with Gasteiger partial charge < -0.3 is 5.11 Å². The predicted molar refractivity (Wildman–Crippen MR) is 71.0 cm³/mol. The lowest BCUT2D eigenvalue weighted by Gasteiger charge is -2.02. The second-order valence-electron chi connectivity index (χ2n) is 3.89. The summed E-state index contributed by atoms with van der Waals surface area (Å²) in [5.74, 6) is -1.61. The van der Waals surface area contributed by atoms with Gasteiger partial charge in [-0.05, 0) is 17.7 Å². The van der Waals surface area contributed by atoms with Crippen molar-refractivity contribution >= 4 is 33.2 Å². The fourth-order valence-corrected chi connectivity index (χ4v) is 2.78. The molecule has 2 aromatic rings. The Labute approximate surface area is 124 Å². The van der Waals surface area contributed by atoms with Gasteiger partial charge in [0.15, 0.2) is 5.69 Å². The first-order chi connectivity index (χ1) is 9.27. The fourth-order valence-electron chi connectivity index (χ4n) is 1.55. The van der Waals surface area contributed by atoms with Gasteiger partial charge in [-0.1, -0.05) is 28.1 Å². The molecular formula is C12H7BrF3NO2S. The Hall–Kier alpha value is -1.41. The third kappa shape index (κ3) is 3.37. The summed E-state index contributed by atoms with van der Waals surface area (Å²) in [4.78, 5) is 13.5. The lowest BCUT2D eigenvalue weighted by atomic mass is 10.2. The van der Waals surface area contributed by atoms with Crippen molar-refractivity contribution in [1.29, 1.82) is 0 Å². The van der Waals surface area contributed by atoms with Crippen LogP contribution in [0.1, 0.15) is 25.9 Å². The summed E-state index contributed by atoms with van der Waals surface area (Å²) in [6.07, 6.45) is -4.60. The molecule has 8 heteroatoms. The highest BCUT2D eigenvalue weighted by Gasteiger charge is 2.39. The molecule has 20 heavy (non-hydrogen) atoms. The van der Waals surface area contributed by atoms with Gasteiger partial charge in [0.25, 0.3) is 0 Å². The van der Waals surface area contributed by atoms with Crippen LogP contribution in [0.2, 0.25) is 0 Å². The summed E-state index contributed by atoms with van der Waals surface area (Å²) >= 11 is 3.80. The maximum atomic E-state index is 12.7. The molecular weight excluding hydrogens is 359 g/mol. The maximum Gasteiger partial charge on any atom is 0.435 e. The summed E-state index contributed by atoms with van der Waals surface area (Å²) in [6, 6.07) is 6.98. The van der Waals surface area contributed by atoms with E-state index in [2.05, 4.69) is 20.9 Å². The summed E-state index contributed by atoms with van der Waals surface area (Å²) < 4.78 is 38.9. The molecule has 3 nitrogen and oxygen atoms in total. The van der Waals surface area contributed by atoms with Crippen LogP contribution < -0.4 is 0 Å². The largest absolute Gasteiger partial charge is 0.477 e. The first-order valence-corrected chi connectivity index (χ1v) is 6.93. The van der Waals surface area contributed by atoms with Crippen LogP contribution in [0.5, 0.6) is 0 Å². The van der Waals surface area contributed by atoms with Crippen molar-refractivity contribution in [2.45, 2.75) is 12.6 Å². The molecule has 0 aliphatic carbocycles. The zero-order valence-electron chi connectivity index (χ0n) is 9.74. The van der Waals surface area contributed by atoms with Crippen molar-refractivity contribution < 1.29 is 23.1 Å². The molecule has 1 N–H and O–H groups in total. The smallest absolute Gasteiger partial charge is 0.435 e. The molecule has 0 radical (unpaired) electrons. The molecule has 1 heterocycles. The first-order valence-electron chi connectivity index (χ1n) is 5.32. The zero-order valence-corrected chi connectivity index (χ0v) is 12.1. The van der Waals surface area contributed by atoms with E-state index in [0.29, 0.717) is 11.3 Å². The first kappa shape index (κ1) is 15.0. The Morgan fingerprint density at radius 2 is 1.90 bits per heavy atom. The van der Waals surface area contributed by atoms with Gasteiger partial charge in [-0.25, -0.2) is 9.78 Å². The highest BCUT2D eigenvalue weighted by atomic mass is 79.9. The van der Waals surface area contributed by atoms with Crippen molar-refractivity contribution in [2.75, 3.05) is 0 Å². The summed E-state index contributed by atoms with van der Waals surface area (Å²) in [6.45, 7) is 0. The minimum absolute atomic E-state index is 0.122. The second-order valence-corrected chi connectivity index (χ2v) is 5.89. The third-order valence-corrected chi connectivity index (χ3v) is 3.97. The van der Waals surface area contributed by atoms with E-state index < -0.39 is 22.7 Å². The van der Waals surface area contributed by atoms with Gasteiger partial charge in [0.2, 0.25) is 0 Å². The number of aromatic nitrogens is 1. The van der Waals surface area contributed by atoms with E-state index in [1.165, 1.54) is 0 Å². The molecule has 106 valence electrons. The number of carbonyl (C=O) groups is 1. The number of aromatic carboxylic acids is 1. The number of hydrogen-bond acceptors (Lipinski definition) is 3. The number of halogens is 4. The van der Waals surface area contributed by atoms with Gasteiger partial charge in [0.1, 0.15) is 4.88 Å². The van der Waals surface area contributed by atoms with Crippen LogP contribution in [0.15, 0.2) is 28.7 Å². The average molecular weight is 366 g/mol. The molecule has 2 rings (SSSR count). The van der Waals surface area contributed by atoms with E-state index in [-0.39, 0.29) is 11.4 Å². The van der Waals surface area contributed by atoms with E-state index >= 15 is 0 Å². The predicted octanol–water partition coefficient (Wildman–Crippen LogP) is 4.21. The normalized spacial score (nSPS) is 11.6. The number of carboxylic acids is 1. The van der Waals surface area contributed by atoms with Gasteiger partial charge in [-0.15, -0.1) is 11.3 Å². The third-order valence-electron chi connectivity index (χ3n) is 2.40.